The standard InChI is InChI=1S/C21H20ClFN2O2/c1-12-8-13(2)18-14(9-12)10-17(19(22)25-18)20(26)24-11-21(3,27)15-4-6-16(23)7-5-15/h4-10,27H,11H2,1-3H3,(H,24,26). The van der Waals surface area contributed by atoms with Crippen LogP contribution in [0.15, 0.2) is 42.5 Å². The van der Waals surface area contributed by atoms with Crippen LogP contribution >= 0.6 is 11.6 Å². The molecule has 0 saturated heterocycles. The molecule has 0 aliphatic rings. The van der Waals surface area contributed by atoms with Crippen molar-refractivity contribution in [1.29, 1.82) is 0 Å². The van der Waals surface area contributed by atoms with Gasteiger partial charge < -0.3 is 10.4 Å². The Morgan fingerprint density at radius 3 is 2.56 bits per heavy atom. The number of hydrogen-bond acceptors (Lipinski definition) is 3. The maximum absolute atomic E-state index is 13.1. The Morgan fingerprint density at radius 1 is 1.22 bits per heavy atom. The first-order valence-corrected chi connectivity index (χ1v) is 8.89. The lowest BCUT2D eigenvalue weighted by Crippen LogP contribution is -2.38. The van der Waals surface area contributed by atoms with E-state index in [-0.39, 0.29) is 17.3 Å². The fourth-order valence-corrected chi connectivity index (χ4v) is 3.27. The first-order valence-electron chi connectivity index (χ1n) is 8.51. The number of halogens is 2. The number of aryl methyl sites for hydroxylation is 2. The molecule has 2 N–H and O–H groups in total. The van der Waals surface area contributed by atoms with Crippen molar-refractivity contribution in [3.05, 3.63) is 75.7 Å². The molecule has 140 valence electrons. The van der Waals surface area contributed by atoms with Gasteiger partial charge in [-0.2, -0.15) is 0 Å². The van der Waals surface area contributed by atoms with Crippen molar-refractivity contribution in [2.75, 3.05) is 6.54 Å². The number of benzene rings is 2. The SMILES string of the molecule is Cc1cc(C)c2nc(Cl)c(C(=O)NCC(C)(O)c3ccc(F)cc3)cc2c1. The van der Waals surface area contributed by atoms with Crippen LogP contribution in [0.2, 0.25) is 5.15 Å². The van der Waals surface area contributed by atoms with Crippen LogP contribution in [0.4, 0.5) is 4.39 Å². The molecule has 0 fully saturated rings. The zero-order valence-electron chi connectivity index (χ0n) is 15.3. The molecule has 0 aliphatic heterocycles. The predicted octanol–water partition coefficient (Wildman–Crippen LogP) is 4.28. The molecule has 1 atom stereocenters. The second-order valence-electron chi connectivity index (χ2n) is 6.94. The zero-order valence-corrected chi connectivity index (χ0v) is 16.1. The molecule has 0 aliphatic carbocycles. The smallest absolute Gasteiger partial charge is 0.254 e. The third-order valence-corrected chi connectivity index (χ3v) is 4.80. The highest BCUT2D eigenvalue weighted by Gasteiger charge is 2.25. The summed E-state index contributed by atoms with van der Waals surface area (Å²) in [7, 11) is 0. The van der Waals surface area contributed by atoms with Crippen molar-refractivity contribution >= 4 is 28.4 Å². The van der Waals surface area contributed by atoms with Crippen LogP contribution < -0.4 is 5.32 Å². The van der Waals surface area contributed by atoms with Crippen molar-refractivity contribution in [3.63, 3.8) is 0 Å². The van der Waals surface area contributed by atoms with E-state index in [2.05, 4.69) is 10.3 Å². The summed E-state index contributed by atoms with van der Waals surface area (Å²) in [4.78, 5) is 17.0. The number of amides is 1. The van der Waals surface area contributed by atoms with Crippen LogP contribution in [0.5, 0.6) is 0 Å². The molecule has 0 bridgehead atoms. The first kappa shape index (κ1) is 19.3. The monoisotopic (exact) mass is 386 g/mol. The molecular weight excluding hydrogens is 367 g/mol. The van der Waals surface area contributed by atoms with Gasteiger partial charge in [0.05, 0.1) is 17.6 Å². The number of fused-ring (bicyclic) bond motifs is 1. The number of rotatable bonds is 4. The van der Waals surface area contributed by atoms with E-state index < -0.39 is 17.3 Å². The third kappa shape index (κ3) is 4.10. The molecule has 1 unspecified atom stereocenters. The average molecular weight is 387 g/mol. The van der Waals surface area contributed by atoms with Crippen molar-refractivity contribution in [1.82, 2.24) is 10.3 Å². The molecule has 3 rings (SSSR count). The Bertz CT molecular complexity index is 1020. The van der Waals surface area contributed by atoms with Gasteiger partial charge in [0.25, 0.3) is 5.91 Å². The van der Waals surface area contributed by atoms with E-state index in [1.165, 1.54) is 24.3 Å². The lowest BCUT2D eigenvalue weighted by atomic mass is 9.96. The summed E-state index contributed by atoms with van der Waals surface area (Å²) >= 11 is 6.22. The van der Waals surface area contributed by atoms with E-state index >= 15 is 0 Å². The first-order chi connectivity index (χ1) is 12.7. The highest BCUT2D eigenvalue weighted by molar-refractivity contribution is 6.33. The lowest BCUT2D eigenvalue weighted by Gasteiger charge is -2.24. The lowest BCUT2D eigenvalue weighted by molar-refractivity contribution is 0.0526. The maximum atomic E-state index is 13.1. The maximum Gasteiger partial charge on any atom is 0.254 e. The summed E-state index contributed by atoms with van der Waals surface area (Å²) in [6, 6.07) is 11.1. The summed E-state index contributed by atoms with van der Waals surface area (Å²) < 4.78 is 13.1. The van der Waals surface area contributed by atoms with Gasteiger partial charge in [-0.25, -0.2) is 9.37 Å². The summed E-state index contributed by atoms with van der Waals surface area (Å²) in [6.45, 7) is 5.41. The van der Waals surface area contributed by atoms with Gasteiger partial charge in [0.1, 0.15) is 16.6 Å². The van der Waals surface area contributed by atoms with Crippen LogP contribution in [-0.2, 0) is 5.60 Å². The van der Waals surface area contributed by atoms with Crippen LogP contribution in [0, 0.1) is 19.7 Å². The molecule has 6 heteroatoms. The third-order valence-electron chi connectivity index (χ3n) is 4.51. The zero-order chi connectivity index (χ0) is 19.8. The summed E-state index contributed by atoms with van der Waals surface area (Å²) in [5, 5.41) is 14.2. The molecule has 0 spiro atoms. The molecule has 27 heavy (non-hydrogen) atoms. The Labute approximate surface area is 162 Å². The van der Waals surface area contributed by atoms with E-state index in [0.717, 1.165) is 22.0 Å². The van der Waals surface area contributed by atoms with E-state index in [1.54, 1.807) is 13.0 Å². The topological polar surface area (TPSA) is 62.2 Å². The quantitative estimate of drug-likeness (QED) is 0.658. The van der Waals surface area contributed by atoms with Crippen molar-refractivity contribution in [2.24, 2.45) is 0 Å². The Hall–Kier alpha value is -2.50. The number of nitrogens with one attached hydrogen (secondary N) is 1. The number of aliphatic hydroxyl groups is 1. The average Bonchev–Trinajstić information content (AvgIpc) is 2.60. The molecule has 2 aromatic carbocycles. The normalized spacial score (nSPS) is 13.4. The number of hydrogen-bond donors (Lipinski definition) is 2. The van der Waals surface area contributed by atoms with Gasteiger partial charge in [0.15, 0.2) is 0 Å². The van der Waals surface area contributed by atoms with Crippen LogP contribution in [-0.4, -0.2) is 22.5 Å². The van der Waals surface area contributed by atoms with Gasteiger partial charge >= 0.3 is 0 Å². The Balaban J connectivity index is 1.83. The number of pyridine rings is 1. The van der Waals surface area contributed by atoms with Crippen LogP contribution in [0.25, 0.3) is 10.9 Å². The van der Waals surface area contributed by atoms with E-state index in [4.69, 9.17) is 11.6 Å². The van der Waals surface area contributed by atoms with Gasteiger partial charge in [-0.1, -0.05) is 35.4 Å². The molecule has 1 heterocycles. The molecule has 0 saturated carbocycles. The Morgan fingerprint density at radius 2 is 1.89 bits per heavy atom. The number of carbonyl (C=O) groups is 1. The fourth-order valence-electron chi connectivity index (χ4n) is 3.05. The summed E-state index contributed by atoms with van der Waals surface area (Å²) in [5.41, 5.74) is 2.18. The van der Waals surface area contributed by atoms with E-state index in [1.807, 2.05) is 26.0 Å². The van der Waals surface area contributed by atoms with Gasteiger partial charge in [-0.15, -0.1) is 0 Å². The van der Waals surface area contributed by atoms with E-state index in [9.17, 15) is 14.3 Å². The largest absolute Gasteiger partial charge is 0.384 e. The summed E-state index contributed by atoms with van der Waals surface area (Å²) in [5.74, 6) is -0.825. The van der Waals surface area contributed by atoms with Crippen molar-refractivity contribution in [2.45, 2.75) is 26.4 Å². The van der Waals surface area contributed by atoms with Gasteiger partial charge in [0, 0.05) is 5.39 Å². The highest BCUT2D eigenvalue weighted by atomic mass is 35.5. The fraction of sp³-hybridized carbons (Fsp3) is 0.238. The number of carbonyl (C=O) groups excluding carboxylic acids is 1. The molecule has 1 aromatic heterocycles. The van der Waals surface area contributed by atoms with Gasteiger partial charge in [0.2, 0.25) is 0 Å². The van der Waals surface area contributed by atoms with Crippen molar-refractivity contribution < 1.29 is 14.3 Å². The van der Waals surface area contributed by atoms with Gasteiger partial charge in [-0.05, 0) is 56.2 Å². The second-order valence-corrected chi connectivity index (χ2v) is 7.30. The van der Waals surface area contributed by atoms with Gasteiger partial charge in [-0.3, -0.25) is 4.79 Å². The molecular formula is C21H20ClFN2O2. The molecule has 1 amide bonds. The van der Waals surface area contributed by atoms with E-state index in [0.29, 0.717) is 5.56 Å². The summed E-state index contributed by atoms with van der Waals surface area (Å²) in [6.07, 6.45) is 0. The minimum Gasteiger partial charge on any atom is -0.384 e. The molecule has 4 nitrogen and oxygen atoms in total. The molecule has 0 radical (unpaired) electrons. The minimum atomic E-state index is -1.35. The number of aromatic nitrogens is 1. The molecule has 3 aromatic rings. The van der Waals surface area contributed by atoms with Crippen molar-refractivity contribution in [3.8, 4) is 0 Å². The van der Waals surface area contributed by atoms with Crippen LogP contribution in [0.3, 0.4) is 0 Å². The number of nitrogens with zero attached hydrogens (tertiary/aromatic N) is 1. The van der Waals surface area contributed by atoms with Crippen LogP contribution in [0.1, 0.15) is 34.0 Å². The predicted molar refractivity (Wildman–Crippen MR) is 105 cm³/mol. The Kier molecular flexibility index (Phi) is 5.18. The minimum absolute atomic E-state index is 0.0569. The second kappa shape index (κ2) is 7.25. The highest BCUT2D eigenvalue weighted by Crippen LogP contribution is 2.25.